The van der Waals surface area contributed by atoms with E-state index in [2.05, 4.69) is 10.8 Å². The lowest BCUT2D eigenvalue weighted by Gasteiger charge is -2.18. The molecule has 1 amide bonds. The number of likely N-dealkylation sites (N-methyl/N-ethyl adjacent to an activating group) is 1. The third kappa shape index (κ3) is 7.36. The first kappa shape index (κ1) is 24.9. The van der Waals surface area contributed by atoms with Crippen molar-refractivity contribution < 1.29 is 27.4 Å². The Morgan fingerprint density at radius 2 is 1.76 bits per heavy atom. The molecule has 0 saturated heterocycles. The van der Waals surface area contributed by atoms with Crippen molar-refractivity contribution in [2.45, 2.75) is 38.0 Å². The fraction of sp³-hybridized carbons (Fsp3) is 0.458. The molecule has 9 heteroatoms. The molecule has 2 aromatic rings. The second kappa shape index (κ2) is 11.4. The zero-order valence-corrected chi connectivity index (χ0v) is 20.2. The van der Waals surface area contributed by atoms with Gasteiger partial charge in [0.1, 0.15) is 12.4 Å². The van der Waals surface area contributed by atoms with E-state index in [0.717, 1.165) is 23.3 Å². The fourth-order valence-electron chi connectivity index (χ4n) is 3.47. The summed E-state index contributed by atoms with van der Waals surface area (Å²) in [7, 11) is -1.99. The first-order valence-corrected chi connectivity index (χ1v) is 12.6. The summed E-state index contributed by atoms with van der Waals surface area (Å²) in [5.41, 5.74) is 2.26. The van der Waals surface area contributed by atoms with Crippen LogP contribution in [0.15, 0.2) is 41.3 Å². The van der Waals surface area contributed by atoms with Crippen LogP contribution in [0.5, 0.6) is 17.2 Å². The summed E-state index contributed by atoms with van der Waals surface area (Å²) in [4.78, 5) is 14.1. The number of sulfonamides is 1. The Morgan fingerprint density at radius 1 is 1.06 bits per heavy atom. The van der Waals surface area contributed by atoms with Gasteiger partial charge in [0.15, 0.2) is 11.5 Å². The molecule has 0 aromatic heterocycles. The molecular weight excluding hydrogens is 444 g/mol. The second-order valence-electron chi connectivity index (χ2n) is 8.15. The Balaban J connectivity index is 1.40. The van der Waals surface area contributed by atoms with Gasteiger partial charge < -0.3 is 19.1 Å². The molecule has 0 radical (unpaired) electrons. The zero-order valence-electron chi connectivity index (χ0n) is 19.4. The number of aryl methyl sites for hydroxylation is 2. The molecule has 0 bridgehead atoms. The molecule has 1 N–H and O–H groups in total. The van der Waals surface area contributed by atoms with Crippen LogP contribution in [0.1, 0.15) is 30.4 Å². The quantitative estimate of drug-likeness (QED) is 0.530. The smallest absolute Gasteiger partial charge is 0.240 e. The van der Waals surface area contributed by atoms with Gasteiger partial charge in [0.25, 0.3) is 0 Å². The predicted molar refractivity (Wildman–Crippen MR) is 126 cm³/mol. The molecule has 1 aliphatic rings. The van der Waals surface area contributed by atoms with Crippen LogP contribution < -0.4 is 18.9 Å². The van der Waals surface area contributed by atoms with Gasteiger partial charge in [-0.05, 0) is 55.7 Å². The third-order valence-electron chi connectivity index (χ3n) is 5.21. The summed E-state index contributed by atoms with van der Waals surface area (Å²) in [5.74, 6) is 1.70. The molecule has 3 rings (SSSR count). The van der Waals surface area contributed by atoms with Gasteiger partial charge in [-0.15, -0.1) is 0 Å². The van der Waals surface area contributed by atoms with Crippen molar-refractivity contribution in [1.29, 1.82) is 0 Å². The van der Waals surface area contributed by atoms with Gasteiger partial charge in [0.05, 0.1) is 24.7 Å². The Bertz CT molecular complexity index is 1050. The first-order chi connectivity index (χ1) is 15.7. The van der Waals surface area contributed by atoms with Crippen molar-refractivity contribution in [3.63, 3.8) is 0 Å². The summed E-state index contributed by atoms with van der Waals surface area (Å²) in [5, 5.41) is 0. The van der Waals surface area contributed by atoms with E-state index < -0.39 is 10.0 Å². The summed E-state index contributed by atoms with van der Waals surface area (Å²) in [6.07, 6.45) is 1.38. The number of nitrogens with zero attached hydrogens (tertiary/aromatic N) is 1. The number of fused-ring (bicyclic) bond motifs is 1. The van der Waals surface area contributed by atoms with Crippen molar-refractivity contribution in [2.24, 2.45) is 0 Å². The number of benzene rings is 2. The highest BCUT2D eigenvalue weighted by molar-refractivity contribution is 7.89. The molecule has 1 heterocycles. The Kier molecular flexibility index (Phi) is 8.57. The lowest BCUT2D eigenvalue weighted by atomic mass is 10.1. The highest BCUT2D eigenvalue weighted by atomic mass is 32.2. The highest BCUT2D eigenvalue weighted by Crippen LogP contribution is 2.31. The van der Waals surface area contributed by atoms with Crippen LogP contribution in [-0.4, -0.2) is 59.2 Å². The monoisotopic (exact) mass is 476 g/mol. The maximum absolute atomic E-state index is 12.6. The van der Waals surface area contributed by atoms with E-state index in [1.807, 2.05) is 26.0 Å². The van der Waals surface area contributed by atoms with Crippen LogP contribution in [0.3, 0.4) is 0 Å². The highest BCUT2D eigenvalue weighted by Gasteiger charge is 2.19. The maximum atomic E-state index is 12.6. The molecule has 0 aliphatic carbocycles. The van der Waals surface area contributed by atoms with E-state index in [9.17, 15) is 13.2 Å². The standard InChI is InChI=1S/C24H32N2O6S/c1-18-14-19(2)16-20(15-18)30-13-10-26(3)24(27)6-4-9-25-33(28,29)21-7-8-22-23(17-21)32-12-5-11-31-22/h7-8,14-17,25H,4-6,9-13H2,1-3H3. The number of rotatable bonds is 10. The average molecular weight is 477 g/mol. The Morgan fingerprint density at radius 3 is 2.48 bits per heavy atom. The van der Waals surface area contributed by atoms with Crippen molar-refractivity contribution >= 4 is 15.9 Å². The summed E-state index contributed by atoms with van der Waals surface area (Å²) in [6.45, 7) is 6.05. The number of ether oxygens (including phenoxy) is 3. The summed E-state index contributed by atoms with van der Waals surface area (Å²) in [6, 6.07) is 10.6. The SMILES string of the molecule is Cc1cc(C)cc(OCCN(C)C(=O)CCCNS(=O)(=O)c2ccc3c(c2)OCCCO3)c1. The number of hydrogen-bond acceptors (Lipinski definition) is 6. The minimum absolute atomic E-state index is 0.0613. The topological polar surface area (TPSA) is 94.2 Å². The van der Waals surface area contributed by atoms with Gasteiger partial charge in [-0.3, -0.25) is 4.79 Å². The molecule has 180 valence electrons. The van der Waals surface area contributed by atoms with Crippen molar-refractivity contribution in [3.05, 3.63) is 47.5 Å². The fourth-order valence-corrected chi connectivity index (χ4v) is 4.56. The van der Waals surface area contributed by atoms with E-state index in [-0.39, 0.29) is 23.8 Å². The van der Waals surface area contributed by atoms with Gasteiger partial charge in [-0.25, -0.2) is 13.1 Å². The lowest BCUT2D eigenvalue weighted by molar-refractivity contribution is -0.130. The molecule has 8 nitrogen and oxygen atoms in total. The van der Waals surface area contributed by atoms with Crippen molar-refractivity contribution in [1.82, 2.24) is 9.62 Å². The summed E-state index contributed by atoms with van der Waals surface area (Å²) >= 11 is 0. The van der Waals surface area contributed by atoms with Crippen LogP contribution in [0.25, 0.3) is 0 Å². The lowest BCUT2D eigenvalue weighted by Crippen LogP contribution is -2.32. The van der Waals surface area contributed by atoms with E-state index in [1.165, 1.54) is 12.1 Å². The van der Waals surface area contributed by atoms with E-state index in [1.54, 1.807) is 18.0 Å². The summed E-state index contributed by atoms with van der Waals surface area (Å²) < 4.78 is 44.6. The number of amides is 1. The minimum Gasteiger partial charge on any atom is -0.492 e. The molecule has 0 spiro atoms. The van der Waals surface area contributed by atoms with Crippen LogP contribution >= 0.6 is 0 Å². The largest absolute Gasteiger partial charge is 0.492 e. The van der Waals surface area contributed by atoms with Gasteiger partial charge in [-0.2, -0.15) is 0 Å². The minimum atomic E-state index is -3.71. The molecule has 0 unspecified atom stereocenters. The number of carbonyl (C=O) groups is 1. The molecule has 0 atom stereocenters. The number of hydrogen-bond donors (Lipinski definition) is 1. The van der Waals surface area contributed by atoms with Gasteiger partial charge in [0, 0.05) is 32.5 Å². The van der Waals surface area contributed by atoms with Crippen LogP contribution in [0, 0.1) is 13.8 Å². The number of carbonyl (C=O) groups excluding carboxylic acids is 1. The molecule has 0 saturated carbocycles. The average Bonchev–Trinajstić information content (AvgIpc) is 3.00. The van der Waals surface area contributed by atoms with Gasteiger partial charge in [-0.1, -0.05) is 6.07 Å². The molecule has 2 aromatic carbocycles. The molecule has 33 heavy (non-hydrogen) atoms. The maximum Gasteiger partial charge on any atom is 0.240 e. The molecule has 0 fully saturated rings. The van der Waals surface area contributed by atoms with Crippen LogP contribution in [-0.2, 0) is 14.8 Å². The van der Waals surface area contributed by atoms with Crippen molar-refractivity contribution in [3.8, 4) is 17.2 Å². The predicted octanol–water partition coefficient (Wildman–Crippen LogP) is 3.06. The molecular formula is C24H32N2O6S. The molecule has 1 aliphatic heterocycles. The van der Waals surface area contributed by atoms with Crippen molar-refractivity contribution in [2.75, 3.05) is 40.0 Å². The van der Waals surface area contributed by atoms with E-state index >= 15 is 0 Å². The van der Waals surface area contributed by atoms with Crippen LogP contribution in [0.4, 0.5) is 0 Å². The zero-order chi connectivity index (χ0) is 23.8. The Labute approximate surface area is 195 Å². The van der Waals surface area contributed by atoms with E-state index in [4.69, 9.17) is 14.2 Å². The van der Waals surface area contributed by atoms with Crippen LogP contribution in [0.2, 0.25) is 0 Å². The van der Waals surface area contributed by atoms with Gasteiger partial charge in [0.2, 0.25) is 15.9 Å². The normalized spacial score (nSPS) is 13.3. The van der Waals surface area contributed by atoms with E-state index in [0.29, 0.717) is 44.3 Å². The van der Waals surface area contributed by atoms with Gasteiger partial charge >= 0.3 is 0 Å². The third-order valence-corrected chi connectivity index (χ3v) is 6.66. The Hall–Kier alpha value is -2.78. The second-order valence-corrected chi connectivity index (χ2v) is 9.91. The first-order valence-electron chi connectivity index (χ1n) is 11.1. The number of nitrogens with one attached hydrogen (secondary N) is 1.